The van der Waals surface area contributed by atoms with Crippen molar-refractivity contribution in [3.8, 4) is 0 Å². The zero-order chi connectivity index (χ0) is 24.0. The number of halogens is 1. The zero-order valence-electron chi connectivity index (χ0n) is 18.1. The van der Waals surface area contributed by atoms with Gasteiger partial charge in [-0.3, -0.25) is 14.6 Å². The SMILES string of the molecule is Cc1ccc2nc3c(cc(S(=O)(=O)c4ccc(Cl)cc4)c(=N)n3Cc3ccccc3)c(=O)n2c1. The van der Waals surface area contributed by atoms with Crippen molar-refractivity contribution in [2.24, 2.45) is 0 Å². The van der Waals surface area contributed by atoms with Crippen LogP contribution in [0.2, 0.25) is 5.02 Å². The van der Waals surface area contributed by atoms with Gasteiger partial charge in [-0.05, 0) is 54.4 Å². The lowest BCUT2D eigenvalue weighted by molar-refractivity contribution is 0.591. The lowest BCUT2D eigenvalue weighted by atomic mass is 10.2. The van der Waals surface area contributed by atoms with E-state index in [-0.39, 0.29) is 32.9 Å². The van der Waals surface area contributed by atoms with Gasteiger partial charge in [0.2, 0.25) is 9.84 Å². The van der Waals surface area contributed by atoms with Crippen molar-refractivity contribution in [1.82, 2.24) is 14.0 Å². The minimum atomic E-state index is -4.11. The average molecular weight is 491 g/mol. The van der Waals surface area contributed by atoms with E-state index >= 15 is 0 Å². The topological polar surface area (TPSA) is 97.3 Å². The molecule has 1 N–H and O–H groups in total. The maximum Gasteiger partial charge on any atom is 0.267 e. The molecule has 34 heavy (non-hydrogen) atoms. The van der Waals surface area contributed by atoms with Crippen LogP contribution in [0.4, 0.5) is 0 Å². The van der Waals surface area contributed by atoms with E-state index in [4.69, 9.17) is 17.0 Å². The number of aryl methyl sites for hydroxylation is 1. The summed E-state index contributed by atoms with van der Waals surface area (Å²) < 4.78 is 29.9. The molecular weight excluding hydrogens is 472 g/mol. The molecule has 7 nitrogen and oxygen atoms in total. The number of fused-ring (bicyclic) bond motifs is 2. The largest absolute Gasteiger partial charge is 0.305 e. The first kappa shape index (κ1) is 22.1. The Morgan fingerprint density at radius 1 is 1.00 bits per heavy atom. The van der Waals surface area contributed by atoms with Crippen molar-refractivity contribution < 1.29 is 8.42 Å². The fourth-order valence-electron chi connectivity index (χ4n) is 3.88. The van der Waals surface area contributed by atoms with Crippen LogP contribution < -0.4 is 11.0 Å². The number of hydrogen-bond donors (Lipinski definition) is 1. The van der Waals surface area contributed by atoms with Crippen molar-refractivity contribution in [2.75, 3.05) is 0 Å². The second kappa shape index (κ2) is 8.23. The van der Waals surface area contributed by atoms with Gasteiger partial charge in [0.1, 0.15) is 21.7 Å². The van der Waals surface area contributed by atoms with Crippen LogP contribution in [-0.4, -0.2) is 22.4 Å². The molecule has 0 saturated heterocycles. The third kappa shape index (κ3) is 3.70. The van der Waals surface area contributed by atoms with Gasteiger partial charge in [0.25, 0.3) is 5.56 Å². The van der Waals surface area contributed by atoms with Gasteiger partial charge < -0.3 is 4.57 Å². The molecule has 3 heterocycles. The summed E-state index contributed by atoms with van der Waals surface area (Å²) >= 11 is 5.93. The van der Waals surface area contributed by atoms with Crippen LogP contribution in [0.15, 0.2) is 93.6 Å². The first-order valence-corrected chi connectivity index (χ1v) is 12.3. The number of rotatable bonds is 4. The summed E-state index contributed by atoms with van der Waals surface area (Å²) in [6.45, 7) is 2.03. The van der Waals surface area contributed by atoms with Gasteiger partial charge in [0, 0.05) is 11.2 Å². The van der Waals surface area contributed by atoms with Gasteiger partial charge in [0.05, 0.1) is 16.8 Å². The normalized spacial score (nSPS) is 11.8. The molecule has 0 fully saturated rings. The number of nitrogens with zero attached hydrogens (tertiary/aromatic N) is 3. The molecular formula is C25H19ClN4O3S. The third-order valence-corrected chi connectivity index (χ3v) is 7.65. The fraction of sp³-hybridized carbons (Fsp3) is 0.0800. The summed E-state index contributed by atoms with van der Waals surface area (Å²) in [7, 11) is -4.11. The number of hydrogen-bond acceptors (Lipinski definition) is 5. The van der Waals surface area contributed by atoms with Crippen LogP contribution in [0.25, 0.3) is 16.7 Å². The van der Waals surface area contributed by atoms with Crippen molar-refractivity contribution in [2.45, 2.75) is 23.3 Å². The molecule has 0 atom stereocenters. The Hall–Kier alpha value is -3.75. The van der Waals surface area contributed by atoms with E-state index in [1.54, 1.807) is 12.3 Å². The Kier molecular flexibility index (Phi) is 5.34. The minimum absolute atomic E-state index is 0.0132. The predicted octanol–water partition coefficient (Wildman–Crippen LogP) is 3.97. The van der Waals surface area contributed by atoms with E-state index in [2.05, 4.69) is 4.98 Å². The van der Waals surface area contributed by atoms with E-state index in [0.29, 0.717) is 10.7 Å². The maximum absolute atomic E-state index is 13.5. The van der Waals surface area contributed by atoms with Crippen LogP contribution in [0, 0.1) is 12.3 Å². The molecule has 3 aromatic heterocycles. The average Bonchev–Trinajstić information content (AvgIpc) is 2.82. The molecule has 0 aliphatic heterocycles. The Balaban J connectivity index is 1.88. The summed E-state index contributed by atoms with van der Waals surface area (Å²) in [5, 5.41) is 9.36. The van der Waals surface area contributed by atoms with Crippen molar-refractivity contribution >= 4 is 38.1 Å². The van der Waals surface area contributed by atoms with Crippen LogP contribution in [0.5, 0.6) is 0 Å². The number of pyridine rings is 2. The molecule has 0 amide bonds. The Morgan fingerprint density at radius 3 is 2.41 bits per heavy atom. The Morgan fingerprint density at radius 2 is 1.71 bits per heavy atom. The highest BCUT2D eigenvalue weighted by Crippen LogP contribution is 2.23. The van der Waals surface area contributed by atoms with E-state index < -0.39 is 15.4 Å². The first-order chi connectivity index (χ1) is 16.3. The molecule has 0 unspecified atom stereocenters. The summed E-state index contributed by atoms with van der Waals surface area (Å²) in [5.41, 5.74) is 1.70. The van der Waals surface area contributed by atoms with E-state index in [0.717, 1.165) is 11.1 Å². The molecule has 5 rings (SSSR count). The molecule has 0 bridgehead atoms. The van der Waals surface area contributed by atoms with Gasteiger partial charge in [-0.2, -0.15) is 0 Å². The molecule has 2 aromatic carbocycles. The van der Waals surface area contributed by atoms with Crippen LogP contribution in [0.1, 0.15) is 11.1 Å². The van der Waals surface area contributed by atoms with Crippen molar-refractivity contribution in [3.63, 3.8) is 0 Å². The monoisotopic (exact) mass is 490 g/mol. The molecule has 5 aromatic rings. The van der Waals surface area contributed by atoms with Crippen LogP contribution >= 0.6 is 11.6 Å². The number of sulfone groups is 1. The van der Waals surface area contributed by atoms with Crippen LogP contribution in [-0.2, 0) is 16.4 Å². The lowest BCUT2D eigenvalue weighted by Gasteiger charge is -2.15. The highest BCUT2D eigenvalue weighted by molar-refractivity contribution is 7.91. The van der Waals surface area contributed by atoms with Crippen molar-refractivity contribution in [3.05, 3.63) is 111 Å². The molecule has 0 saturated carbocycles. The molecule has 0 radical (unpaired) electrons. The molecule has 0 spiro atoms. The molecule has 0 aliphatic carbocycles. The Labute approximate surface area is 200 Å². The van der Waals surface area contributed by atoms with Gasteiger partial charge >= 0.3 is 0 Å². The van der Waals surface area contributed by atoms with Gasteiger partial charge in [-0.25, -0.2) is 13.4 Å². The zero-order valence-corrected chi connectivity index (χ0v) is 19.6. The summed E-state index contributed by atoms with van der Waals surface area (Å²) in [5.74, 6) is 0. The fourth-order valence-corrected chi connectivity index (χ4v) is 5.39. The molecule has 9 heteroatoms. The van der Waals surface area contributed by atoms with E-state index in [1.807, 2.05) is 43.3 Å². The van der Waals surface area contributed by atoms with Gasteiger partial charge in [-0.1, -0.05) is 48.0 Å². The predicted molar refractivity (Wildman–Crippen MR) is 130 cm³/mol. The highest BCUT2D eigenvalue weighted by atomic mass is 35.5. The highest BCUT2D eigenvalue weighted by Gasteiger charge is 2.24. The van der Waals surface area contributed by atoms with Crippen molar-refractivity contribution in [1.29, 1.82) is 5.41 Å². The standard InChI is InChI=1S/C25H19ClN4O3S/c1-16-7-12-22-28-24-20(25(31)29(22)14-16)13-21(34(32,33)19-10-8-18(26)9-11-19)23(27)30(24)15-17-5-3-2-4-6-17/h2-14,27H,15H2,1H3. The van der Waals surface area contributed by atoms with Crippen LogP contribution in [0.3, 0.4) is 0 Å². The number of aromatic nitrogens is 3. The number of nitrogens with one attached hydrogen (secondary N) is 1. The molecule has 170 valence electrons. The summed E-state index contributed by atoms with van der Waals surface area (Å²) in [6.07, 6.45) is 1.66. The van der Waals surface area contributed by atoms with E-state index in [1.165, 1.54) is 39.3 Å². The lowest BCUT2D eigenvalue weighted by Crippen LogP contribution is -2.30. The van der Waals surface area contributed by atoms with Gasteiger partial charge in [-0.15, -0.1) is 0 Å². The maximum atomic E-state index is 13.5. The quantitative estimate of drug-likeness (QED) is 0.385. The number of benzene rings is 2. The second-order valence-electron chi connectivity index (χ2n) is 7.98. The smallest absolute Gasteiger partial charge is 0.267 e. The van der Waals surface area contributed by atoms with Gasteiger partial charge in [0.15, 0.2) is 0 Å². The summed E-state index contributed by atoms with van der Waals surface area (Å²) in [6, 6.07) is 19.9. The first-order valence-electron chi connectivity index (χ1n) is 10.4. The Bertz CT molecular complexity index is 1790. The third-order valence-electron chi connectivity index (χ3n) is 5.62. The summed E-state index contributed by atoms with van der Waals surface area (Å²) in [4.78, 5) is 17.8. The van der Waals surface area contributed by atoms with E-state index in [9.17, 15) is 13.2 Å². The second-order valence-corrected chi connectivity index (χ2v) is 10.3. The minimum Gasteiger partial charge on any atom is -0.305 e. The molecule has 0 aliphatic rings.